The molecule has 0 fully saturated rings. The molecule has 14 heavy (non-hydrogen) atoms. The molecular formula is C12H18O2. The van der Waals surface area contributed by atoms with Gasteiger partial charge in [-0.25, -0.2) is 4.79 Å². The fraction of sp³-hybridized carbons (Fsp3) is 0.583. The van der Waals surface area contributed by atoms with E-state index in [2.05, 4.69) is 19.9 Å². The lowest BCUT2D eigenvalue weighted by molar-refractivity contribution is -0.138. The summed E-state index contributed by atoms with van der Waals surface area (Å²) in [5.41, 5.74) is 0.698. The predicted molar refractivity (Wildman–Crippen MR) is 56.8 cm³/mol. The van der Waals surface area contributed by atoms with Gasteiger partial charge in [0.05, 0.1) is 12.2 Å². The molecule has 0 saturated carbocycles. The Balaban J connectivity index is 2.66. The van der Waals surface area contributed by atoms with E-state index in [1.165, 1.54) is 0 Å². The fourth-order valence-electron chi connectivity index (χ4n) is 1.72. The van der Waals surface area contributed by atoms with Crippen LogP contribution in [0.15, 0.2) is 23.8 Å². The van der Waals surface area contributed by atoms with Gasteiger partial charge >= 0.3 is 5.97 Å². The van der Waals surface area contributed by atoms with Gasteiger partial charge in [0.1, 0.15) is 0 Å². The molecule has 0 radical (unpaired) electrons. The van der Waals surface area contributed by atoms with Crippen molar-refractivity contribution in [1.82, 2.24) is 0 Å². The topological polar surface area (TPSA) is 26.3 Å². The highest BCUT2D eigenvalue weighted by Crippen LogP contribution is 2.25. The minimum absolute atomic E-state index is 0.204. The first kappa shape index (κ1) is 11.0. The quantitative estimate of drug-likeness (QED) is 0.646. The summed E-state index contributed by atoms with van der Waals surface area (Å²) < 4.78 is 4.94. The lowest BCUT2D eigenvalue weighted by atomic mass is 9.85. The summed E-state index contributed by atoms with van der Waals surface area (Å²) in [6.45, 7) is 6.56. The van der Waals surface area contributed by atoms with Crippen LogP contribution >= 0.6 is 0 Å². The third kappa shape index (κ3) is 2.47. The van der Waals surface area contributed by atoms with Crippen molar-refractivity contribution in [3.8, 4) is 0 Å². The fourth-order valence-corrected chi connectivity index (χ4v) is 1.72. The molecule has 2 unspecified atom stereocenters. The zero-order valence-corrected chi connectivity index (χ0v) is 9.12. The lowest BCUT2D eigenvalue weighted by Gasteiger charge is -2.20. The highest BCUT2D eigenvalue weighted by atomic mass is 16.5. The summed E-state index contributed by atoms with van der Waals surface area (Å²) in [4.78, 5) is 11.4. The zero-order chi connectivity index (χ0) is 10.6. The Hall–Kier alpha value is -1.05. The number of hydrogen-bond acceptors (Lipinski definition) is 2. The third-order valence-electron chi connectivity index (χ3n) is 2.62. The van der Waals surface area contributed by atoms with Gasteiger partial charge in [0.15, 0.2) is 0 Å². The Morgan fingerprint density at radius 1 is 1.50 bits per heavy atom. The molecule has 2 atom stereocenters. The molecule has 0 amide bonds. The second kappa shape index (κ2) is 4.99. The first-order chi connectivity index (χ1) is 6.69. The molecule has 2 heteroatoms. The van der Waals surface area contributed by atoms with Crippen molar-refractivity contribution in [1.29, 1.82) is 0 Å². The summed E-state index contributed by atoms with van der Waals surface area (Å²) >= 11 is 0. The lowest BCUT2D eigenvalue weighted by Crippen LogP contribution is -2.15. The van der Waals surface area contributed by atoms with Gasteiger partial charge in [-0.15, -0.1) is 0 Å². The minimum Gasteiger partial charge on any atom is -0.462 e. The van der Waals surface area contributed by atoms with E-state index in [4.69, 9.17) is 4.74 Å². The average molecular weight is 194 g/mol. The Morgan fingerprint density at radius 3 is 2.71 bits per heavy atom. The van der Waals surface area contributed by atoms with Gasteiger partial charge in [0.25, 0.3) is 0 Å². The van der Waals surface area contributed by atoms with Gasteiger partial charge in [-0.1, -0.05) is 32.1 Å². The molecule has 0 aromatic carbocycles. The smallest absolute Gasteiger partial charge is 0.337 e. The molecule has 1 aliphatic carbocycles. The maximum atomic E-state index is 11.4. The van der Waals surface area contributed by atoms with Crippen LogP contribution in [0.1, 0.15) is 27.2 Å². The molecule has 0 spiro atoms. The molecule has 78 valence electrons. The van der Waals surface area contributed by atoms with Gasteiger partial charge in [0, 0.05) is 0 Å². The first-order valence-electron chi connectivity index (χ1n) is 5.26. The summed E-state index contributed by atoms with van der Waals surface area (Å²) in [6, 6.07) is 0. The Labute approximate surface area is 85.6 Å². The van der Waals surface area contributed by atoms with Crippen LogP contribution in [0.3, 0.4) is 0 Å². The Bertz CT molecular complexity index is 263. The first-order valence-corrected chi connectivity index (χ1v) is 5.26. The number of hydrogen-bond donors (Lipinski definition) is 0. The van der Waals surface area contributed by atoms with E-state index < -0.39 is 0 Å². The molecule has 0 aliphatic heterocycles. The summed E-state index contributed by atoms with van der Waals surface area (Å²) in [6.07, 6.45) is 7.11. The summed E-state index contributed by atoms with van der Waals surface area (Å²) in [5.74, 6) is 0.794. The van der Waals surface area contributed by atoms with E-state index in [1.807, 2.05) is 19.1 Å². The highest BCUT2D eigenvalue weighted by molar-refractivity contribution is 5.91. The Kier molecular flexibility index (Phi) is 3.93. The van der Waals surface area contributed by atoms with Gasteiger partial charge in [-0.05, 0) is 25.2 Å². The van der Waals surface area contributed by atoms with Crippen LogP contribution < -0.4 is 0 Å². The number of carbonyl (C=O) groups is 1. The Morgan fingerprint density at radius 2 is 2.21 bits per heavy atom. The normalized spacial score (nSPS) is 25.8. The molecule has 2 nitrogen and oxygen atoms in total. The van der Waals surface area contributed by atoms with E-state index in [-0.39, 0.29) is 5.97 Å². The SMILES string of the molecule is CCOC(=O)C1=CC(C)C(CC)C=C1. The van der Waals surface area contributed by atoms with Crippen molar-refractivity contribution in [2.24, 2.45) is 11.8 Å². The number of carbonyl (C=O) groups excluding carboxylic acids is 1. The summed E-state index contributed by atoms with van der Waals surface area (Å²) in [5, 5.41) is 0. The molecule has 0 N–H and O–H groups in total. The van der Waals surface area contributed by atoms with Crippen LogP contribution in [0.4, 0.5) is 0 Å². The van der Waals surface area contributed by atoms with Gasteiger partial charge < -0.3 is 4.74 Å². The van der Waals surface area contributed by atoms with Crippen molar-refractivity contribution in [2.45, 2.75) is 27.2 Å². The van der Waals surface area contributed by atoms with E-state index >= 15 is 0 Å². The van der Waals surface area contributed by atoms with Crippen LogP contribution in [0.25, 0.3) is 0 Å². The molecule has 0 aromatic rings. The number of esters is 1. The monoisotopic (exact) mass is 194 g/mol. The standard InChI is InChI=1S/C12H18O2/c1-4-10-6-7-11(8-9(10)3)12(13)14-5-2/h6-10H,4-5H2,1-3H3. The molecular weight excluding hydrogens is 176 g/mol. The largest absolute Gasteiger partial charge is 0.462 e. The molecule has 1 rings (SSSR count). The predicted octanol–water partition coefficient (Wildman–Crippen LogP) is 2.71. The van der Waals surface area contributed by atoms with Gasteiger partial charge in [-0.3, -0.25) is 0 Å². The maximum absolute atomic E-state index is 11.4. The third-order valence-corrected chi connectivity index (χ3v) is 2.62. The van der Waals surface area contributed by atoms with Gasteiger partial charge in [-0.2, -0.15) is 0 Å². The van der Waals surface area contributed by atoms with E-state index in [0.29, 0.717) is 24.0 Å². The van der Waals surface area contributed by atoms with Crippen LogP contribution in [0.5, 0.6) is 0 Å². The minimum atomic E-state index is -0.204. The molecule has 1 aliphatic rings. The van der Waals surface area contributed by atoms with Crippen LogP contribution in [0, 0.1) is 11.8 Å². The highest BCUT2D eigenvalue weighted by Gasteiger charge is 2.18. The van der Waals surface area contributed by atoms with E-state index in [0.717, 1.165) is 6.42 Å². The zero-order valence-electron chi connectivity index (χ0n) is 9.12. The maximum Gasteiger partial charge on any atom is 0.337 e. The number of allylic oxidation sites excluding steroid dienone is 2. The summed E-state index contributed by atoms with van der Waals surface area (Å²) in [7, 11) is 0. The average Bonchev–Trinajstić information content (AvgIpc) is 2.18. The van der Waals surface area contributed by atoms with Crippen LogP contribution in [-0.4, -0.2) is 12.6 Å². The second-order valence-electron chi connectivity index (χ2n) is 3.63. The van der Waals surface area contributed by atoms with Gasteiger partial charge in [0.2, 0.25) is 0 Å². The van der Waals surface area contributed by atoms with E-state index in [9.17, 15) is 4.79 Å². The molecule has 0 bridgehead atoms. The van der Waals surface area contributed by atoms with Crippen molar-refractivity contribution in [2.75, 3.05) is 6.61 Å². The molecule has 0 heterocycles. The van der Waals surface area contributed by atoms with Crippen LogP contribution in [-0.2, 0) is 9.53 Å². The van der Waals surface area contributed by atoms with Crippen molar-refractivity contribution in [3.05, 3.63) is 23.8 Å². The van der Waals surface area contributed by atoms with Crippen molar-refractivity contribution < 1.29 is 9.53 Å². The van der Waals surface area contributed by atoms with E-state index in [1.54, 1.807) is 0 Å². The second-order valence-corrected chi connectivity index (χ2v) is 3.63. The number of ether oxygens (including phenoxy) is 1. The van der Waals surface area contributed by atoms with Crippen LogP contribution in [0.2, 0.25) is 0 Å². The molecule has 0 aromatic heterocycles. The number of rotatable bonds is 3. The van der Waals surface area contributed by atoms with Crippen molar-refractivity contribution in [3.63, 3.8) is 0 Å². The van der Waals surface area contributed by atoms with Crippen molar-refractivity contribution >= 4 is 5.97 Å². The molecule has 0 saturated heterocycles.